The zero-order chi connectivity index (χ0) is 36.1. The molecule has 2 aromatic carbocycles. The first-order valence-electron chi connectivity index (χ1n) is 20.7. The van der Waals surface area contributed by atoms with Gasteiger partial charge in [-0.1, -0.05) is 149 Å². The molecule has 3 rings (SSSR count). The van der Waals surface area contributed by atoms with Crippen molar-refractivity contribution in [2.45, 2.75) is 189 Å². The summed E-state index contributed by atoms with van der Waals surface area (Å²) in [5.74, 6) is 0. The summed E-state index contributed by atoms with van der Waals surface area (Å²) in [4.78, 5) is 0. The molecule has 0 saturated heterocycles. The first-order valence-corrected chi connectivity index (χ1v) is 20.7. The summed E-state index contributed by atoms with van der Waals surface area (Å²) in [6.45, 7) is 20.5. The van der Waals surface area contributed by atoms with Gasteiger partial charge in [-0.25, -0.2) is 4.70 Å². The maximum absolute atomic E-state index is 11.9. The first kappa shape index (κ1) is 48.0. The van der Waals surface area contributed by atoms with Gasteiger partial charge in [0.25, 0.3) is 0 Å². The molecule has 0 aromatic heterocycles. The third kappa shape index (κ3) is 18.5. The molecule has 0 aliphatic carbocycles. The predicted molar refractivity (Wildman–Crippen MR) is 219 cm³/mol. The van der Waals surface area contributed by atoms with E-state index in [0.29, 0.717) is 0 Å². The van der Waals surface area contributed by atoms with Crippen molar-refractivity contribution in [2.24, 2.45) is 0 Å². The quantitative estimate of drug-likeness (QED) is 0.0471. The van der Waals surface area contributed by atoms with E-state index in [1.807, 2.05) is 0 Å². The maximum Gasteiger partial charge on any atom is 2.00 e. The van der Waals surface area contributed by atoms with E-state index in [0.717, 1.165) is 61.0 Å². The average Bonchev–Trinajstić information content (AvgIpc) is 3.41. The van der Waals surface area contributed by atoms with Crippen molar-refractivity contribution < 1.29 is 21.2 Å². The first-order chi connectivity index (χ1) is 24.0. The second-order valence-electron chi connectivity index (χ2n) is 14.0. The second-order valence-corrected chi connectivity index (χ2v) is 14.0. The van der Waals surface area contributed by atoms with Gasteiger partial charge in [-0.15, -0.1) is 0 Å². The van der Waals surface area contributed by atoms with Gasteiger partial charge in [0, 0.05) is 22.3 Å². The van der Waals surface area contributed by atoms with Gasteiger partial charge in [-0.05, 0) is 86.8 Å². The van der Waals surface area contributed by atoms with E-state index in [9.17, 15) is 5.53 Å². The van der Waals surface area contributed by atoms with Crippen LogP contribution in [0.2, 0.25) is 0 Å². The molecule has 50 heavy (non-hydrogen) atoms. The van der Waals surface area contributed by atoms with E-state index < -0.39 is 0 Å². The number of hydrogen-bond donors (Lipinski definition) is 0. The Labute approximate surface area is 321 Å². The predicted octanol–water partition coefficient (Wildman–Crippen LogP) is 15.9. The maximum atomic E-state index is 11.9. The molecule has 1 aliphatic rings. The van der Waals surface area contributed by atoms with Crippen molar-refractivity contribution in [1.29, 1.82) is 0 Å². The molecule has 0 bridgehead atoms. The molecule has 3 heteroatoms. The van der Waals surface area contributed by atoms with Gasteiger partial charge in [0.15, 0.2) is 0 Å². The number of unbranched alkanes of at least 4 members (excludes halogenated alkanes) is 13. The molecule has 0 spiro atoms. The van der Waals surface area contributed by atoms with Gasteiger partial charge in [0.2, 0.25) is 11.4 Å². The Bertz CT molecular complexity index is 1160. The summed E-state index contributed by atoms with van der Waals surface area (Å²) in [5, 5.41) is 0. The monoisotopic (exact) mass is 727 g/mol. The summed E-state index contributed by atoms with van der Waals surface area (Å²) in [7, 11) is 0. The number of allylic oxidation sites excluding steroid dienone is 2. The third-order valence-electron chi connectivity index (χ3n) is 9.47. The number of aryl methyl sites for hydroxylation is 2. The van der Waals surface area contributed by atoms with Crippen LogP contribution in [0.5, 0.6) is 0 Å². The van der Waals surface area contributed by atoms with Crippen molar-refractivity contribution >= 4 is 11.4 Å². The Kier molecular flexibility index (Phi) is 30.5. The summed E-state index contributed by atoms with van der Waals surface area (Å²) in [5.41, 5.74) is 21.7. The molecule has 284 valence electrons. The summed E-state index contributed by atoms with van der Waals surface area (Å²) < 4.78 is 1.56. The molecule has 0 saturated carbocycles. The van der Waals surface area contributed by atoms with Crippen LogP contribution in [-0.2, 0) is 29.3 Å². The Morgan fingerprint density at radius 2 is 0.720 bits per heavy atom. The van der Waals surface area contributed by atoms with Crippen molar-refractivity contribution in [1.82, 2.24) is 0 Å². The van der Waals surface area contributed by atoms with Crippen molar-refractivity contribution in [2.75, 3.05) is 0 Å². The Hall–Kier alpha value is -1.99. The minimum Gasteiger partial charge on any atom is -0.493 e. The van der Waals surface area contributed by atoms with E-state index in [4.69, 9.17) is 0 Å². The van der Waals surface area contributed by atoms with Gasteiger partial charge in [-0.2, -0.15) is 12.8 Å². The van der Waals surface area contributed by atoms with Gasteiger partial charge in [0.05, 0.1) is 0 Å². The fourth-order valence-electron chi connectivity index (χ4n) is 6.21. The van der Waals surface area contributed by atoms with E-state index >= 15 is 0 Å². The Morgan fingerprint density at radius 1 is 0.420 bits per heavy atom. The van der Waals surface area contributed by atoms with Crippen molar-refractivity contribution in [3.05, 3.63) is 101 Å². The standard InChI is InChI=1S/C39H58N2.2C4H9.Ni/c1-5-9-13-15-16-18-21-33-26-30-35(31-27-33)39-37(23-19-14-10-6-2)36(22-17-11-7-3)38(41(39)40)34-28-24-32(25-29-34)20-12-8-4;2*1-3-4-2;/h24-31H,5-23H2,1-4H3;2*1,3-4H2,2H3;/q;2*-1;+2. The van der Waals surface area contributed by atoms with Gasteiger partial charge < -0.3 is 19.4 Å². The van der Waals surface area contributed by atoms with Crippen LogP contribution in [0, 0.1) is 13.8 Å². The van der Waals surface area contributed by atoms with Crippen LogP contribution in [0.25, 0.3) is 16.9 Å². The van der Waals surface area contributed by atoms with Crippen LogP contribution in [0.1, 0.15) is 199 Å². The van der Waals surface area contributed by atoms with Gasteiger partial charge >= 0.3 is 16.5 Å². The average molecular weight is 728 g/mol. The van der Waals surface area contributed by atoms with E-state index in [-0.39, 0.29) is 16.5 Å². The molecule has 0 fully saturated rings. The molecular formula is C47H76N2Ni. The molecule has 1 aliphatic heterocycles. The van der Waals surface area contributed by atoms with Gasteiger partial charge in [0.1, 0.15) is 0 Å². The SMILES string of the molecule is CCCCCCCCc1ccc(C2=C(CCCCCC)C(CCCCC)=C(c3ccc(CCCC)cc3)[N+]2=[N-])cc1.[CH2-]CCC.[CH2-]CCC.[Ni+2]. The zero-order valence-corrected chi connectivity index (χ0v) is 34.5. The molecule has 0 amide bonds. The number of nitrogens with zero attached hydrogens (tertiary/aromatic N) is 2. The van der Waals surface area contributed by atoms with Crippen LogP contribution in [0.3, 0.4) is 0 Å². The fourth-order valence-corrected chi connectivity index (χ4v) is 6.21. The Morgan fingerprint density at radius 3 is 1.12 bits per heavy atom. The minimum atomic E-state index is 0. The summed E-state index contributed by atoms with van der Waals surface area (Å²) in [6.07, 6.45) is 27.9. The third-order valence-corrected chi connectivity index (χ3v) is 9.47. The number of benzene rings is 2. The smallest absolute Gasteiger partial charge is 0.493 e. The Balaban J connectivity index is 0.00000241. The molecular weight excluding hydrogens is 651 g/mol. The second kappa shape index (κ2) is 31.7. The fraction of sp³-hybridized carbons (Fsp3) is 0.617. The van der Waals surface area contributed by atoms with E-state index in [2.05, 4.69) is 104 Å². The summed E-state index contributed by atoms with van der Waals surface area (Å²) in [6, 6.07) is 18.1. The molecule has 0 N–H and O–H groups in total. The van der Waals surface area contributed by atoms with Gasteiger partial charge in [-0.3, -0.25) is 0 Å². The van der Waals surface area contributed by atoms with Crippen LogP contribution >= 0.6 is 0 Å². The normalized spacial score (nSPS) is 12.4. The van der Waals surface area contributed by atoms with Crippen molar-refractivity contribution in [3.63, 3.8) is 0 Å². The zero-order valence-electron chi connectivity index (χ0n) is 33.5. The minimum absolute atomic E-state index is 0. The van der Waals surface area contributed by atoms with E-state index in [1.54, 1.807) is 4.70 Å². The van der Waals surface area contributed by atoms with Crippen LogP contribution in [0.15, 0.2) is 59.7 Å². The number of hydrogen-bond acceptors (Lipinski definition) is 0. The topological polar surface area (TPSA) is 25.3 Å². The molecule has 0 unspecified atom stereocenters. The molecule has 2 aromatic rings. The van der Waals surface area contributed by atoms with Crippen LogP contribution in [0.4, 0.5) is 0 Å². The largest absolute Gasteiger partial charge is 2.00 e. The molecule has 0 radical (unpaired) electrons. The summed E-state index contributed by atoms with van der Waals surface area (Å²) >= 11 is 0. The van der Waals surface area contributed by atoms with Crippen LogP contribution < -0.4 is 0 Å². The molecule has 1 heterocycles. The van der Waals surface area contributed by atoms with Crippen molar-refractivity contribution in [3.8, 4) is 0 Å². The molecule has 2 nitrogen and oxygen atoms in total. The van der Waals surface area contributed by atoms with E-state index in [1.165, 1.54) is 131 Å². The molecule has 0 atom stereocenters. The van der Waals surface area contributed by atoms with Crippen LogP contribution in [-0.4, -0.2) is 4.70 Å². The number of rotatable bonds is 23.